The number of rotatable bonds is 5. The van der Waals surface area contributed by atoms with Crippen LogP contribution in [0.4, 0.5) is 4.79 Å². The zero-order chi connectivity index (χ0) is 18.5. The van der Waals surface area contributed by atoms with Crippen molar-refractivity contribution >= 4 is 11.9 Å². The number of ketones is 1. The van der Waals surface area contributed by atoms with Crippen molar-refractivity contribution in [2.75, 3.05) is 6.54 Å². The lowest BCUT2D eigenvalue weighted by Crippen LogP contribution is -2.40. The van der Waals surface area contributed by atoms with Gasteiger partial charge in [0.1, 0.15) is 18.5 Å². The van der Waals surface area contributed by atoms with Crippen LogP contribution in [0.3, 0.4) is 0 Å². The third kappa shape index (κ3) is 5.09. The van der Waals surface area contributed by atoms with Crippen molar-refractivity contribution in [2.24, 2.45) is 0 Å². The average molecular weight is 369 g/mol. The first-order valence-corrected chi connectivity index (χ1v) is 8.85. The lowest BCUT2D eigenvalue weighted by molar-refractivity contribution is 0.0592. The number of hydrogen-bond donors (Lipinski definition) is 0. The van der Waals surface area contributed by atoms with E-state index in [1.54, 1.807) is 6.07 Å². The van der Waals surface area contributed by atoms with Gasteiger partial charge in [-0.3, -0.25) is 9.69 Å². The van der Waals surface area contributed by atoms with E-state index < -0.39 is 6.09 Å². The maximum Gasteiger partial charge on any atom is 0.410 e. The quantitative estimate of drug-likeness (QED) is 0.757. The van der Waals surface area contributed by atoms with E-state index in [4.69, 9.17) is 9.47 Å². The summed E-state index contributed by atoms with van der Waals surface area (Å²) in [5, 5.41) is 0. The number of carbonyl (C=O) groups is 2. The van der Waals surface area contributed by atoms with Gasteiger partial charge in [0, 0.05) is 5.56 Å². The van der Waals surface area contributed by atoms with E-state index in [9.17, 15) is 9.59 Å². The van der Waals surface area contributed by atoms with Crippen molar-refractivity contribution in [3.63, 3.8) is 0 Å². The topological polar surface area (TPSA) is 55.8 Å². The third-order valence-electron chi connectivity index (χ3n) is 4.46. The highest BCUT2D eigenvalue weighted by atomic mass is 16.6. The third-order valence-corrected chi connectivity index (χ3v) is 4.46. The number of fused-ring (bicyclic) bond motifs is 1. The zero-order valence-corrected chi connectivity index (χ0v) is 15.1. The number of hydrogen-bond acceptors (Lipinski definition) is 4. The summed E-state index contributed by atoms with van der Waals surface area (Å²) in [6.07, 6.45) is 0.141. The van der Waals surface area contributed by atoms with E-state index in [-0.39, 0.29) is 25.9 Å². The van der Waals surface area contributed by atoms with Crippen LogP contribution in [0.5, 0.6) is 5.75 Å². The molecule has 1 unspecified atom stereocenters. The molecule has 1 aliphatic rings. The Balaban J connectivity index is 0.00000261. The van der Waals surface area contributed by atoms with Crippen LogP contribution in [-0.4, -0.2) is 29.4 Å². The summed E-state index contributed by atoms with van der Waals surface area (Å²) in [5.74, 6) is 0.550. The van der Waals surface area contributed by atoms with Gasteiger partial charge in [0.2, 0.25) is 0 Å². The molecule has 0 saturated carbocycles. The van der Waals surface area contributed by atoms with Crippen molar-refractivity contribution in [2.45, 2.75) is 47.0 Å². The molecule has 1 atom stereocenters. The first-order chi connectivity index (χ1) is 12.6. The van der Waals surface area contributed by atoms with Gasteiger partial charge in [-0.2, -0.15) is 0 Å². The van der Waals surface area contributed by atoms with E-state index in [2.05, 4.69) is 0 Å². The Bertz CT molecular complexity index is 788. The minimum Gasteiger partial charge on any atom is -0.489 e. The zero-order valence-electron chi connectivity index (χ0n) is 15.1. The number of ether oxygens (including phenoxy) is 2. The number of nitrogens with zero attached hydrogens (tertiary/aromatic N) is 1. The van der Waals surface area contributed by atoms with E-state index >= 15 is 0 Å². The Morgan fingerprint density at radius 2 is 1.89 bits per heavy atom. The van der Waals surface area contributed by atoms with Crippen molar-refractivity contribution < 1.29 is 19.1 Å². The van der Waals surface area contributed by atoms with E-state index in [0.29, 0.717) is 24.5 Å². The summed E-state index contributed by atoms with van der Waals surface area (Å²) in [6.45, 7) is 4.64. The molecular weight excluding hydrogens is 342 g/mol. The van der Waals surface area contributed by atoms with Crippen molar-refractivity contribution in [1.29, 1.82) is 0 Å². The minimum atomic E-state index is -0.442. The molecule has 2 aromatic rings. The molecule has 144 valence electrons. The molecule has 5 heteroatoms. The maximum atomic E-state index is 12.5. The van der Waals surface area contributed by atoms with E-state index in [0.717, 1.165) is 17.5 Å². The summed E-state index contributed by atoms with van der Waals surface area (Å²) < 4.78 is 11.1. The van der Waals surface area contributed by atoms with Crippen molar-refractivity contribution in [3.8, 4) is 5.75 Å². The highest BCUT2D eigenvalue weighted by molar-refractivity contribution is 6.01. The van der Waals surface area contributed by atoms with Gasteiger partial charge in [-0.1, -0.05) is 50.7 Å². The summed E-state index contributed by atoms with van der Waals surface area (Å²) >= 11 is 0. The highest BCUT2D eigenvalue weighted by Gasteiger charge is 2.28. The standard InChI is InChI=1S/C21H23NO4.CH4/c1-3-15(2)26-21(24)22-12-17-9-10-18(11-19(17)20(23)13-22)25-14-16-7-5-4-6-8-16;/h4-11,15H,3,12-14H2,1-2H3;1H4. The Morgan fingerprint density at radius 1 is 1.15 bits per heavy atom. The molecule has 27 heavy (non-hydrogen) atoms. The summed E-state index contributed by atoms with van der Waals surface area (Å²) in [4.78, 5) is 26.1. The number of carbonyl (C=O) groups excluding carboxylic acids is 2. The van der Waals surface area contributed by atoms with Crippen LogP contribution >= 0.6 is 0 Å². The van der Waals surface area contributed by atoms with Gasteiger partial charge >= 0.3 is 6.09 Å². The van der Waals surface area contributed by atoms with E-state index in [1.807, 2.05) is 56.3 Å². The maximum absolute atomic E-state index is 12.5. The SMILES string of the molecule is C.CCC(C)OC(=O)N1CC(=O)c2cc(OCc3ccccc3)ccc2C1. The van der Waals surface area contributed by atoms with Crippen LogP contribution in [0.25, 0.3) is 0 Å². The Kier molecular flexibility index (Phi) is 6.99. The molecule has 0 aromatic heterocycles. The molecule has 1 aliphatic heterocycles. The second-order valence-electron chi connectivity index (χ2n) is 6.48. The van der Waals surface area contributed by atoms with Gasteiger partial charge in [-0.15, -0.1) is 0 Å². The summed E-state index contributed by atoms with van der Waals surface area (Å²) in [7, 11) is 0. The molecule has 0 saturated heterocycles. The Labute approximate surface area is 160 Å². The molecule has 5 nitrogen and oxygen atoms in total. The van der Waals surface area contributed by atoms with Crippen LogP contribution in [0.15, 0.2) is 48.5 Å². The summed E-state index contributed by atoms with van der Waals surface area (Å²) in [6, 6.07) is 15.3. The van der Waals surface area contributed by atoms with Crippen LogP contribution in [0, 0.1) is 0 Å². The second kappa shape index (κ2) is 9.21. The van der Waals surface area contributed by atoms with Crippen molar-refractivity contribution in [1.82, 2.24) is 4.90 Å². The fraction of sp³-hybridized carbons (Fsp3) is 0.364. The normalized spacial score (nSPS) is 14.0. The molecule has 0 aliphatic carbocycles. The van der Waals surface area contributed by atoms with Crippen LogP contribution in [-0.2, 0) is 17.9 Å². The Morgan fingerprint density at radius 3 is 2.59 bits per heavy atom. The monoisotopic (exact) mass is 369 g/mol. The molecule has 0 spiro atoms. The van der Waals surface area contributed by atoms with Gasteiger partial charge in [-0.25, -0.2) is 4.79 Å². The van der Waals surface area contributed by atoms with E-state index in [1.165, 1.54) is 4.90 Å². The van der Waals surface area contributed by atoms with Gasteiger partial charge in [-0.05, 0) is 36.6 Å². The lowest BCUT2D eigenvalue weighted by Gasteiger charge is -2.28. The largest absolute Gasteiger partial charge is 0.489 e. The van der Waals surface area contributed by atoms with Gasteiger partial charge in [0.25, 0.3) is 0 Å². The van der Waals surface area contributed by atoms with Crippen molar-refractivity contribution in [3.05, 3.63) is 65.2 Å². The predicted octanol–water partition coefficient (Wildman–Crippen LogP) is 4.84. The number of benzene rings is 2. The van der Waals surface area contributed by atoms with Crippen LogP contribution in [0.1, 0.15) is 49.2 Å². The number of Topliss-reactive ketones (excluding diaryl/α,β-unsaturated/α-hetero) is 1. The Hall–Kier alpha value is -2.82. The molecule has 0 N–H and O–H groups in total. The second-order valence-corrected chi connectivity index (χ2v) is 6.48. The van der Waals surface area contributed by atoms with Crippen LogP contribution < -0.4 is 4.74 Å². The number of amides is 1. The van der Waals surface area contributed by atoms with Crippen LogP contribution in [0.2, 0.25) is 0 Å². The predicted molar refractivity (Wildman–Crippen MR) is 105 cm³/mol. The fourth-order valence-corrected chi connectivity index (χ4v) is 2.76. The molecule has 1 amide bonds. The summed E-state index contributed by atoms with van der Waals surface area (Å²) in [5.41, 5.74) is 2.49. The highest BCUT2D eigenvalue weighted by Crippen LogP contribution is 2.25. The smallest absolute Gasteiger partial charge is 0.410 e. The first kappa shape index (κ1) is 20.5. The van der Waals surface area contributed by atoms with Gasteiger partial charge in [0.05, 0.1) is 13.1 Å². The first-order valence-electron chi connectivity index (χ1n) is 8.85. The minimum absolute atomic E-state index is 0. The molecular formula is C22H27NO4. The van der Waals surface area contributed by atoms with Gasteiger partial charge in [0.15, 0.2) is 5.78 Å². The molecule has 0 fully saturated rings. The molecule has 3 rings (SSSR count). The molecule has 1 heterocycles. The van der Waals surface area contributed by atoms with Gasteiger partial charge < -0.3 is 9.47 Å². The molecule has 0 radical (unpaired) electrons. The average Bonchev–Trinajstić information content (AvgIpc) is 2.67. The molecule has 0 bridgehead atoms. The lowest BCUT2D eigenvalue weighted by atomic mass is 9.98. The fourth-order valence-electron chi connectivity index (χ4n) is 2.76. The molecule has 2 aromatic carbocycles.